The number of aliphatic carboxylic acids is 1. The van der Waals surface area contributed by atoms with Crippen LogP contribution in [0.1, 0.15) is 5.69 Å². The first-order chi connectivity index (χ1) is 5.22. The Bertz CT molecular complexity index is 260. The zero-order valence-electron chi connectivity index (χ0n) is 5.57. The van der Waals surface area contributed by atoms with Gasteiger partial charge in [-0.05, 0) is 0 Å². The van der Waals surface area contributed by atoms with Crippen molar-refractivity contribution in [3.63, 3.8) is 0 Å². The number of nitrogens with zero attached hydrogens (tertiary/aromatic N) is 3. The molecule has 5 nitrogen and oxygen atoms in total. The Balaban J connectivity index is 2.65. The molecule has 60 valence electrons. The largest absolute Gasteiger partial charge is 0.480 e. The van der Waals surface area contributed by atoms with Gasteiger partial charge in [0.15, 0.2) is 0 Å². The molecule has 0 aliphatic heterocycles. The van der Waals surface area contributed by atoms with E-state index in [9.17, 15) is 9.18 Å². The summed E-state index contributed by atoms with van der Waals surface area (Å²) in [6, 6.07) is 0. The molecule has 1 aromatic rings. The third kappa shape index (κ3) is 1.99. The number of rotatable bonds is 3. The lowest BCUT2D eigenvalue weighted by Crippen LogP contribution is -2.08. The third-order valence-electron chi connectivity index (χ3n) is 1.02. The summed E-state index contributed by atoms with van der Waals surface area (Å²) in [5.74, 6) is -1.03. The molecule has 0 atom stereocenters. The van der Waals surface area contributed by atoms with Crippen LogP contribution < -0.4 is 0 Å². The van der Waals surface area contributed by atoms with Crippen LogP contribution in [0.2, 0.25) is 0 Å². The van der Waals surface area contributed by atoms with Gasteiger partial charge in [-0.1, -0.05) is 5.21 Å². The molecule has 0 fully saturated rings. The number of hydrogen-bond acceptors (Lipinski definition) is 3. The number of aromatic nitrogens is 3. The van der Waals surface area contributed by atoms with Crippen molar-refractivity contribution in [3.05, 3.63) is 11.9 Å². The summed E-state index contributed by atoms with van der Waals surface area (Å²) in [5, 5.41) is 15.0. The van der Waals surface area contributed by atoms with E-state index in [1.807, 2.05) is 0 Å². The Hall–Kier alpha value is -1.46. The lowest BCUT2D eigenvalue weighted by molar-refractivity contribution is -0.137. The first-order valence-corrected chi connectivity index (χ1v) is 2.89. The highest BCUT2D eigenvalue weighted by Crippen LogP contribution is 1.94. The van der Waals surface area contributed by atoms with E-state index in [4.69, 9.17) is 5.11 Å². The highest BCUT2D eigenvalue weighted by Gasteiger charge is 2.02. The molecule has 0 aliphatic rings. The second-order valence-electron chi connectivity index (χ2n) is 1.93. The number of carbonyl (C=O) groups is 1. The van der Waals surface area contributed by atoms with Gasteiger partial charge < -0.3 is 5.11 Å². The number of carboxylic acid groups (broad SMARTS) is 1. The number of carboxylic acids is 1. The molecular weight excluding hydrogens is 153 g/mol. The Morgan fingerprint density at radius 2 is 2.55 bits per heavy atom. The molecule has 0 amide bonds. The van der Waals surface area contributed by atoms with Crippen LogP contribution in [0.15, 0.2) is 6.20 Å². The maximum absolute atomic E-state index is 11.8. The van der Waals surface area contributed by atoms with Crippen molar-refractivity contribution in [2.45, 2.75) is 13.2 Å². The summed E-state index contributed by atoms with van der Waals surface area (Å²) in [5.41, 5.74) is 0.145. The molecular formula is C5H6FN3O2. The minimum Gasteiger partial charge on any atom is -0.480 e. The highest BCUT2D eigenvalue weighted by atomic mass is 19.1. The van der Waals surface area contributed by atoms with Gasteiger partial charge in [0.2, 0.25) is 0 Å². The van der Waals surface area contributed by atoms with Crippen molar-refractivity contribution in [1.29, 1.82) is 0 Å². The van der Waals surface area contributed by atoms with Crippen molar-refractivity contribution in [2.75, 3.05) is 0 Å². The smallest absolute Gasteiger partial charge is 0.325 e. The van der Waals surface area contributed by atoms with Crippen molar-refractivity contribution in [1.82, 2.24) is 15.0 Å². The van der Waals surface area contributed by atoms with Crippen molar-refractivity contribution >= 4 is 5.97 Å². The van der Waals surface area contributed by atoms with Gasteiger partial charge in [-0.3, -0.25) is 4.79 Å². The van der Waals surface area contributed by atoms with Gasteiger partial charge in [-0.25, -0.2) is 9.07 Å². The van der Waals surface area contributed by atoms with Crippen LogP contribution in [-0.4, -0.2) is 26.1 Å². The highest BCUT2D eigenvalue weighted by molar-refractivity contribution is 5.66. The lowest BCUT2D eigenvalue weighted by Gasteiger charge is -1.90. The fourth-order valence-electron chi connectivity index (χ4n) is 0.616. The van der Waals surface area contributed by atoms with Crippen LogP contribution in [0.25, 0.3) is 0 Å². The molecule has 1 aromatic heterocycles. The van der Waals surface area contributed by atoms with Gasteiger partial charge in [0.05, 0.1) is 6.20 Å². The Morgan fingerprint density at radius 3 is 3.00 bits per heavy atom. The summed E-state index contributed by atoms with van der Waals surface area (Å²) in [4.78, 5) is 10.1. The maximum Gasteiger partial charge on any atom is 0.325 e. The zero-order chi connectivity index (χ0) is 8.27. The van der Waals surface area contributed by atoms with Crippen molar-refractivity contribution in [2.24, 2.45) is 0 Å². The molecule has 0 unspecified atom stereocenters. The van der Waals surface area contributed by atoms with Crippen molar-refractivity contribution in [3.8, 4) is 0 Å². The molecule has 1 rings (SSSR count). The molecule has 0 saturated carbocycles. The quantitative estimate of drug-likeness (QED) is 0.664. The summed E-state index contributed by atoms with van der Waals surface area (Å²) in [6.45, 7) is -1.01. The number of halogens is 1. The van der Waals surface area contributed by atoms with Crippen molar-refractivity contribution < 1.29 is 14.3 Å². The SMILES string of the molecule is O=C(O)Cn1cc(CF)nn1. The summed E-state index contributed by atoms with van der Waals surface area (Å²) in [6.07, 6.45) is 1.26. The average molecular weight is 159 g/mol. The minimum atomic E-state index is -1.03. The van der Waals surface area contributed by atoms with E-state index in [-0.39, 0.29) is 12.2 Å². The van der Waals surface area contributed by atoms with Gasteiger partial charge in [0, 0.05) is 0 Å². The second-order valence-corrected chi connectivity index (χ2v) is 1.93. The minimum absolute atomic E-state index is 0.145. The molecule has 0 aliphatic carbocycles. The van der Waals surface area contributed by atoms with E-state index in [2.05, 4.69) is 10.3 Å². The van der Waals surface area contributed by atoms with Gasteiger partial charge in [-0.15, -0.1) is 5.10 Å². The molecule has 0 aromatic carbocycles. The fourth-order valence-corrected chi connectivity index (χ4v) is 0.616. The molecule has 11 heavy (non-hydrogen) atoms. The second kappa shape index (κ2) is 3.09. The van der Waals surface area contributed by atoms with E-state index in [1.165, 1.54) is 6.20 Å². The lowest BCUT2D eigenvalue weighted by atomic mass is 10.5. The van der Waals surface area contributed by atoms with E-state index >= 15 is 0 Å². The first-order valence-electron chi connectivity index (χ1n) is 2.89. The Labute approximate surface area is 61.4 Å². The summed E-state index contributed by atoms with van der Waals surface area (Å²) in [7, 11) is 0. The molecule has 6 heteroatoms. The predicted octanol–water partition coefficient (Wildman–Crippen LogP) is -0.168. The molecule has 0 radical (unpaired) electrons. The predicted molar refractivity (Wildman–Crippen MR) is 32.5 cm³/mol. The van der Waals surface area contributed by atoms with E-state index < -0.39 is 12.6 Å². The monoisotopic (exact) mass is 159 g/mol. The van der Waals surface area contributed by atoms with E-state index in [0.29, 0.717) is 0 Å². The van der Waals surface area contributed by atoms with E-state index in [1.54, 1.807) is 0 Å². The van der Waals surface area contributed by atoms with E-state index in [0.717, 1.165) is 4.68 Å². The molecule has 1 heterocycles. The summed E-state index contributed by atoms with van der Waals surface area (Å²) < 4.78 is 12.9. The molecule has 0 saturated heterocycles. The molecule has 0 spiro atoms. The fraction of sp³-hybridized carbons (Fsp3) is 0.400. The van der Waals surface area contributed by atoms with Gasteiger partial charge in [-0.2, -0.15) is 0 Å². The maximum atomic E-state index is 11.8. The van der Waals surface area contributed by atoms with Gasteiger partial charge >= 0.3 is 5.97 Å². The molecule has 0 bridgehead atoms. The number of alkyl halides is 1. The topological polar surface area (TPSA) is 68.0 Å². The average Bonchev–Trinajstić information content (AvgIpc) is 2.34. The standard InChI is InChI=1S/C5H6FN3O2/c6-1-4-2-9(8-7-4)3-5(10)11/h2H,1,3H2,(H,10,11). The van der Waals surface area contributed by atoms with Gasteiger partial charge in [0.1, 0.15) is 18.9 Å². The van der Waals surface area contributed by atoms with Crippen LogP contribution in [0.3, 0.4) is 0 Å². The van der Waals surface area contributed by atoms with Gasteiger partial charge in [0.25, 0.3) is 0 Å². The number of hydrogen-bond donors (Lipinski definition) is 1. The van der Waals surface area contributed by atoms with Crippen LogP contribution in [0.5, 0.6) is 0 Å². The van der Waals surface area contributed by atoms with Crippen LogP contribution >= 0.6 is 0 Å². The third-order valence-corrected chi connectivity index (χ3v) is 1.02. The Kier molecular flexibility index (Phi) is 2.15. The Morgan fingerprint density at radius 1 is 1.82 bits per heavy atom. The van der Waals surface area contributed by atoms with Crippen LogP contribution in [-0.2, 0) is 18.0 Å². The van der Waals surface area contributed by atoms with Crippen LogP contribution in [0.4, 0.5) is 4.39 Å². The summed E-state index contributed by atoms with van der Waals surface area (Å²) >= 11 is 0. The molecule has 1 N–H and O–H groups in total. The van der Waals surface area contributed by atoms with Crippen LogP contribution in [0, 0.1) is 0 Å². The normalized spacial score (nSPS) is 9.91. The first kappa shape index (κ1) is 7.64. The zero-order valence-corrected chi connectivity index (χ0v) is 5.57.